The first-order valence-corrected chi connectivity index (χ1v) is 15.2. The molecule has 0 amide bonds. The Labute approximate surface area is 179 Å². The van der Waals surface area contributed by atoms with Gasteiger partial charge in [-0.3, -0.25) is 0 Å². The van der Waals surface area contributed by atoms with Gasteiger partial charge in [-0.2, -0.15) is 0 Å². The van der Waals surface area contributed by atoms with Gasteiger partial charge in [-0.1, -0.05) is 0 Å². The van der Waals surface area contributed by atoms with E-state index in [2.05, 4.69) is 39.5 Å². The van der Waals surface area contributed by atoms with Crippen molar-refractivity contribution in [3.8, 4) is 0 Å². The predicted octanol–water partition coefficient (Wildman–Crippen LogP) is 4.90. The van der Waals surface area contributed by atoms with Crippen molar-refractivity contribution in [1.82, 2.24) is 4.90 Å². The van der Waals surface area contributed by atoms with Crippen LogP contribution in [0.5, 0.6) is 0 Å². The summed E-state index contributed by atoms with van der Waals surface area (Å²) in [7, 11) is 0. The molecule has 1 aliphatic rings. The van der Waals surface area contributed by atoms with Crippen LogP contribution < -0.4 is 0 Å². The molecule has 0 aliphatic carbocycles. The van der Waals surface area contributed by atoms with Gasteiger partial charge in [0, 0.05) is 0 Å². The molecule has 1 heterocycles. The van der Waals surface area contributed by atoms with Crippen LogP contribution in [0.2, 0.25) is 0 Å². The summed E-state index contributed by atoms with van der Waals surface area (Å²) in [5.41, 5.74) is 0.00719. The summed E-state index contributed by atoms with van der Waals surface area (Å²) < 4.78 is 12.9. The van der Waals surface area contributed by atoms with E-state index in [0.29, 0.717) is 0 Å². The van der Waals surface area contributed by atoms with E-state index in [0.717, 1.165) is 25.2 Å². The van der Waals surface area contributed by atoms with E-state index in [9.17, 15) is 4.79 Å². The summed E-state index contributed by atoms with van der Waals surface area (Å²) in [5.74, 6) is 0. The fourth-order valence-corrected chi connectivity index (χ4v) is 9.74. The Morgan fingerprint density at radius 1 is 0.929 bits per heavy atom. The van der Waals surface area contributed by atoms with Crippen LogP contribution in [0.4, 0.5) is 0 Å². The van der Waals surface area contributed by atoms with E-state index >= 15 is 0 Å². The third-order valence-corrected chi connectivity index (χ3v) is 12.2. The molecular formula is C23H39NO3Sn. The fourth-order valence-electron chi connectivity index (χ4n) is 3.93. The molecule has 0 atom stereocenters. The molecule has 0 saturated carbocycles. The Bertz CT molecular complexity index is 583. The Morgan fingerprint density at radius 3 is 2.04 bits per heavy atom. The first kappa shape index (κ1) is 23.8. The molecule has 28 heavy (non-hydrogen) atoms. The average molecular weight is 496 g/mol. The van der Waals surface area contributed by atoms with Crippen molar-refractivity contribution in [3.63, 3.8) is 0 Å². The number of carbonyl (C=O) groups is 1. The fraction of sp³-hybridized carbons (Fsp3) is 0.696. The van der Waals surface area contributed by atoms with Crippen molar-refractivity contribution in [2.75, 3.05) is 19.6 Å². The molecule has 0 N–H and O–H groups in total. The number of nitrogens with zero attached hydrogens (tertiary/aromatic N) is 1. The minimum atomic E-state index is -3.35. The second kappa shape index (κ2) is 11.1. The maximum atomic E-state index is 13.0. The Morgan fingerprint density at radius 2 is 1.46 bits per heavy atom. The van der Waals surface area contributed by atoms with Crippen molar-refractivity contribution >= 4 is 24.4 Å². The molecule has 0 radical (unpaired) electrons. The van der Waals surface area contributed by atoms with Gasteiger partial charge >= 0.3 is 180 Å². The molecule has 1 aliphatic heterocycles. The van der Waals surface area contributed by atoms with Gasteiger partial charge in [-0.25, -0.2) is 0 Å². The number of benzene rings is 1. The van der Waals surface area contributed by atoms with E-state index in [1.54, 1.807) is 0 Å². The number of hydrogen-bond donors (Lipinski definition) is 0. The zero-order valence-corrected chi connectivity index (χ0v) is 21.8. The molecule has 0 bridgehead atoms. The van der Waals surface area contributed by atoms with Crippen molar-refractivity contribution in [2.45, 2.75) is 84.3 Å². The van der Waals surface area contributed by atoms with Gasteiger partial charge in [0.05, 0.1) is 0 Å². The van der Waals surface area contributed by atoms with Gasteiger partial charge in [-0.15, -0.1) is 0 Å². The average Bonchev–Trinajstić information content (AvgIpc) is 2.62. The molecule has 5 heteroatoms. The molecule has 1 aromatic rings. The van der Waals surface area contributed by atoms with E-state index < -0.39 is 20.6 Å². The molecular weight excluding hydrogens is 457 g/mol. The van der Waals surface area contributed by atoms with Crippen molar-refractivity contribution in [3.05, 3.63) is 35.9 Å². The summed E-state index contributed by atoms with van der Waals surface area (Å²) in [4.78, 5) is 15.5. The number of rotatable bonds is 9. The van der Waals surface area contributed by atoms with Crippen LogP contribution >= 0.6 is 0 Å². The SMILES string of the molecule is CCCCCCCCN1CC(C)(C)[O][SnH]([C](=O)c2ccccc2)[O]C(C)(C)C1. The van der Waals surface area contributed by atoms with Crippen LogP contribution in [-0.2, 0) is 6.15 Å². The van der Waals surface area contributed by atoms with Gasteiger partial charge in [-0.05, 0) is 0 Å². The molecule has 4 nitrogen and oxygen atoms in total. The van der Waals surface area contributed by atoms with Crippen LogP contribution in [0, 0.1) is 0 Å². The van der Waals surface area contributed by atoms with Crippen LogP contribution in [0.3, 0.4) is 0 Å². The molecule has 0 spiro atoms. The maximum absolute atomic E-state index is 13.0. The first-order valence-electron chi connectivity index (χ1n) is 10.9. The minimum absolute atomic E-state index is 0.105. The van der Waals surface area contributed by atoms with Gasteiger partial charge < -0.3 is 0 Å². The Hall–Kier alpha value is -0.431. The first-order chi connectivity index (χ1) is 13.2. The molecule has 1 fully saturated rings. The zero-order valence-electron chi connectivity index (χ0n) is 18.5. The van der Waals surface area contributed by atoms with E-state index in [4.69, 9.17) is 6.15 Å². The summed E-state index contributed by atoms with van der Waals surface area (Å²) in [5, 5.41) is 0. The van der Waals surface area contributed by atoms with Gasteiger partial charge in [0.25, 0.3) is 0 Å². The molecule has 1 saturated heterocycles. The van der Waals surface area contributed by atoms with Crippen molar-refractivity contribution < 1.29 is 10.9 Å². The second-order valence-electron chi connectivity index (χ2n) is 9.30. The molecule has 0 aromatic heterocycles. The summed E-state index contributed by atoms with van der Waals surface area (Å²) in [6.07, 6.45) is 7.80. The van der Waals surface area contributed by atoms with Crippen molar-refractivity contribution in [2.24, 2.45) is 0 Å². The van der Waals surface area contributed by atoms with E-state index in [1.165, 1.54) is 38.5 Å². The van der Waals surface area contributed by atoms with Gasteiger partial charge in [0.1, 0.15) is 0 Å². The monoisotopic (exact) mass is 497 g/mol. The predicted molar refractivity (Wildman–Crippen MR) is 118 cm³/mol. The number of unbranched alkanes of at least 4 members (excludes halogenated alkanes) is 5. The Balaban J connectivity index is 1.99. The van der Waals surface area contributed by atoms with Crippen LogP contribution in [0.1, 0.15) is 83.5 Å². The molecule has 2 rings (SSSR count). The van der Waals surface area contributed by atoms with Crippen LogP contribution in [0.15, 0.2) is 30.3 Å². The quantitative estimate of drug-likeness (QED) is 0.361. The summed E-state index contributed by atoms with van der Waals surface area (Å²) in [6, 6.07) is 9.48. The molecule has 158 valence electrons. The standard InChI is InChI=1S/C16H33NO2.C7H5O.Sn.H/c1-6-7-8-9-10-11-12-17(13-15(2,3)18)14-16(4,5)19;8-6-7-4-2-1-3-5-7;;/h6-14H2,1-5H3;1-5H;;/q-2;;+2;. The van der Waals surface area contributed by atoms with E-state index in [1.807, 2.05) is 30.3 Å². The van der Waals surface area contributed by atoms with Crippen LogP contribution in [0.25, 0.3) is 0 Å². The van der Waals surface area contributed by atoms with E-state index in [-0.39, 0.29) is 15.0 Å². The topological polar surface area (TPSA) is 38.8 Å². The Kier molecular flexibility index (Phi) is 9.45. The summed E-state index contributed by atoms with van der Waals surface area (Å²) >= 11 is -3.35. The zero-order chi connectivity index (χ0) is 20.6. The molecule has 0 unspecified atom stereocenters. The third kappa shape index (κ3) is 8.13. The summed E-state index contributed by atoms with van der Waals surface area (Å²) in [6.45, 7) is 13.4. The number of hydrogen-bond acceptors (Lipinski definition) is 4. The molecule has 1 aromatic carbocycles. The van der Waals surface area contributed by atoms with Gasteiger partial charge in [0.15, 0.2) is 0 Å². The van der Waals surface area contributed by atoms with Gasteiger partial charge in [0.2, 0.25) is 0 Å². The second-order valence-corrected chi connectivity index (χ2v) is 14.0. The number of carbonyl (C=O) groups excluding carboxylic acids is 1. The van der Waals surface area contributed by atoms with Crippen LogP contribution in [-0.4, -0.2) is 60.1 Å². The van der Waals surface area contributed by atoms with Crippen molar-refractivity contribution in [1.29, 1.82) is 0 Å². The third-order valence-electron chi connectivity index (χ3n) is 5.16. The normalized spacial score (nSPS) is 20.5.